The summed E-state index contributed by atoms with van der Waals surface area (Å²) >= 11 is 0. The molecule has 0 aliphatic rings. The number of benzene rings is 2. The molecule has 6 heteroatoms. The Morgan fingerprint density at radius 1 is 1.05 bits per heavy atom. The van der Waals surface area contributed by atoms with Crippen LogP contribution < -0.4 is 10.5 Å². The minimum Gasteiger partial charge on any atom is -0.487 e. The quantitative estimate of drug-likeness (QED) is 0.859. The summed E-state index contributed by atoms with van der Waals surface area (Å²) in [5.74, 6) is 0.363. The van der Waals surface area contributed by atoms with E-state index >= 15 is 0 Å². The van der Waals surface area contributed by atoms with Gasteiger partial charge in [0.1, 0.15) is 17.3 Å². The second kappa shape index (κ2) is 6.15. The van der Waals surface area contributed by atoms with Gasteiger partial charge in [0.15, 0.2) is 0 Å². The van der Waals surface area contributed by atoms with Crippen LogP contribution in [0.15, 0.2) is 53.4 Å². The summed E-state index contributed by atoms with van der Waals surface area (Å²) in [7, 11) is -0.656. The Kier molecular flexibility index (Phi) is 4.50. The van der Waals surface area contributed by atoms with Crippen LogP contribution in [-0.4, -0.2) is 26.8 Å². The van der Waals surface area contributed by atoms with Crippen molar-refractivity contribution in [3.8, 4) is 5.75 Å². The second-order valence-corrected chi connectivity index (χ2v) is 6.85. The highest BCUT2D eigenvalue weighted by Crippen LogP contribution is 2.30. The molecule has 0 aliphatic heterocycles. The van der Waals surface area contributed by atoms with E-state index in [4.69, 9.17) is 10.5 Å². The van der Waals surface area contributed by atoms with Crippen molar-refractivity contribution in [3.05, 3.63) is 54.1 Å². The van der Waals surface area contributed by atoms with Crippen molar-refractivity contribution in [1.29, 1.82) is 0 Å². The molecule has 2 aromatic rings. The van der Waals surface area contributed by atoms with Gasteiger partial charge in [-0.05, 0) is 17.7 Å². The average Bonchev–Trinajstić information content (AvgIpc) is 2.47. The van der Waals surface area contributed by atoms with Gasteiger partial charge in [-0.3, -0.25) is 0 Å². The number of anilines is 1. The van der Waals surface area contributed by atoms with E-state index in [1.165, 1.54) is 20.2 Å². The molecule has 0 spiro atoms. The molecule has 0 radical (unpaired) electrons. The van der Waals surface area contributed by atoms with E-state index in [1.807, 2.05) is 30.3 Å². The van der Waals surface area contributed by atoms with Crippen molar-refractivity contribution < 1.29 is 13.2 Å². The Hall–Kier alpha value is -2.05. The maximum atomic E-state index is 12.2. The lowest BCUT2D eigenvalue weighted by molar-refractivity contribution is 0.307. The number of nitrogen functional groups attached to an aromatic ring is 1. The maximum Gasteiger partial charge on any atom is 0.244 e. The third kappa shape index (κ3) is 3.34. The summed E-state index contributed by atoms with van der Waals surface area (Å²) in [6.07, 6.45) is 0. The molecule has 0 bridgehead atoms. The number of nitrogens with two attached hydrogens (primary N) is 1. The van der Waals surface area contributed by atoms with Crippen LogP contribution in [0, 0.1) is 0 Å². The van der Waals surface area contributed by atoms with Crippen LogP contribution in [0.3, 0.4) is 0 Å². The number of hydrogen-bond donors (Lipinski definition) is 1. The van der Waals surface area contributed by atoms with E-state index in [2.05, 4.69) is 0 Å². The molecule has 2 aromatic carbocycles. The first kappa shape index (κ1) is 15.3. The van der Waals surface area contributed by atoms with Crippen LogP contribution >= 0.6 is 0 Å². The van der Waals surface area contributed by atoms with Crippen molar-refractivity contribution in [3.63, 3.8) is 0 Å². The Morgan fingerprint density at radius 2 is 1.71 bits per heavy atom. The Labute approximate surface area is 125 Å². The Morgan fingerprint density at radius 3 is 2.33 bits per heavy atom. The smallest absolute Gasteiger partial charge is 0.244 e. The van der Waals surface area contributed by atoms with Gasteiger partial charge >= 0.3 is 0 Å². The highest BCUT2D eigenvalue weighted by atomic mass is 32.2. The molecule has 2 N–H and O–H groups in total. The topological polar surface area (TPSA) is 72.6 Å². The number of sulfonamides is 1. The van der Waals surface area contributed by atoms with Crippen LogP contribution in [0.25, 0.3) is 0 Å². The molecule has 0 saturated carbocycles. The van der Waals surface area contributed by atoms with E-state index in [0.29, 0.717) is 12.4 Å². The first-order chi connectivity index (χ1) is 9.93. The van der Waals surface area contributed by atoms with Crippen LogP contribution in [0.5, 0.6) is 5.75 Å². The molecule has 0 atom stereocenters. The lowest BCUT2D eigenvalue weighted by Crippen LogP contribution is -2.23. The normalized spacial score (nSPS) is 11.6. The van der Waals surface area contributed by atoms with E-state index in [1.54, 1.807) is 12.1 Å². The zero-order valence-electron chi connectivity index (χ0n) is 12.0. The van der Waals surface area contributed by atoms with Crippen LogP contribution in [0.1, 0.15) is 5.56 Å². The lowest BCUT2D eigenvalue weighted by atomic mass is 10.2. The fourth-order valence-electron chi connectivity index (χ4n) is 1.81. The fourth-order valence-corrected chi connectivity index (χ4v) is 2.83. The summed E-state index contributed by atoms with van der Waals surface area (Å²) in [5.41, 5.74) is 7.05. The molecule has 21 heavy (non-hydrogen) atoms. The molecule has 0 amide bonds. The van der Waals surface area contributed by atoms with Gasteiger partial charge < -0.3 is 10.5 Å². The molecule has 0 fully saturated rings. The van der Waals surface area contributed by atoms with Crippen LogP contribution in [-0.2, 0) is 16.6 Å². The monoisotopic (exact) mass is 306 g/mol. The van der Waals surface area contributed by atoms with Crippen molar-refractivity contribution in [1.82, 2.24) is 4.31 Å². The van der Waals surface area contributed by atoms with Gasteiger partial charge in [0.25, 0.3) is 0 Å². The summed E-state index contributed by atoms with van der Waals surface area (Å²) < 4.78 is 31.1. The van der Waals surface area contributed by atoms with Crippen LogP contribution in [0.4, 0.5) is 5.69 Å². The first-order valence-electron chi connectivity index (χ1n) is 6.40. The summed E-state index contributed by atoms with van der Waals surface area (Å²) in [6.45, 7) is 0.330. The van der Waals surface area contributed by atoms with Crippen molar-refractivity contribution >= 4 is 15.7 Å². The second-order valence-electron chi connectivity index (χ2n) is 4.73. The minimum atomic E-state index is -3.58. The number of hydrogen-bond acceptors (Lipinski definition) is 4. The third-order valence-corrected chi connectivity index (χ3v) is 4.90. The van der Waals surface area contributed by atoms with Gasteiger partial charge in [0.05, 0.1) is 5.69 Å². The minimum absolute atomic E-state index is 0.0538. The summed E-state index contributed by atoms with van der Waals surface area (Å²) in [5, 5.41) is 0. The molecule has 0 saturated heterocycles. The van der Waals surface area contributed by atoms with E-state index in [9.17, 15) is 8.42 Å². The zero-order chi connectivity index (χ0) is 15.5. The highest BCUT2D eigenvalue weighted by Gasteiger charge is 2.22. The summed E-state index contributed by atoms with van der Waals surface area (Å²) in [4.78, 5) is 0.0538. The van der Waals surface area contributed by atoms with E-state index in [-0.39, 0.29) is 10.6 Å². The molecule has 112 valence electrons. The Bertz CT molecular complexity index is 713. The van der Waals surface area contributed by atoms with Gasteiger partial charge in [-0.2, -0.15) is 0 Å². The van der Waals surface area contributed by atoms with Gasteiger partial charge in [0.2, 0.25) is 10.0 Å². The molecular formula is C15H18N2O3S. The largest absolute Gasteiger partial charge is 0.487 e. The van der Waals surface area contributed by atoms with Gasteiger partial charge in [-0.15, -0.1) is 0 Å². The predicted molar refractivity (Wildman–Crippen MR) is 82.5 cm³/mol. The molecule has 5 nitrogen and oxygen atoms in total. The van der Waals surface area contributed by atoms with E-state index < -0.39 is 10.0 Å². The lowest BCUT2D eigenvalue weighted by Gasteiger charge is -2.16. The Balaban J connectivity index is 2.27. The first-order valence-corrected chi connectivity index (χ1v) is 7.84. The highest BCUT2D eigenvalue weighted by molar-refractivity contribution is 7.89. The van der Waals surface area contributed by atoms with Crippen molar-refractivity contribution in [2.45, 2.75) is 11.5 Å². The standard InChI is InChI=1S/C15H18N2O3S/c1-17(2)21(18,19)14-10-6-9-13(15(14)16)20-11-12-7-4-3-5-8-12/h3-10H,11,16H2,1-2H3. The number of para-hydroxylation sites is 1. The fraction of sp³-hybridized carbons (Fsp3) is 0.200. The maximum absolute atomic E-state index is 12.2. The molecule has 0 unspecified atom stereocenters. The third-order valence-electron chi connectivity index (χ3n) is 3.02. The van der Waals surface area contributed by atoms with Gasteiger partial charge in [-0.1, -0.05) is 36.4 Å². The average molecular weight is 306 g/mol. The molecule has 0 aromatic heterocycles. The van der Waals surface area contributed by atoms with E-state index in [0.717, 1.165) is 9.87 Å². The zero-order valence-corrected chi connectivity index (χ0v) is 12.8. The van der Waals surface area contributed by atoms with Crippen LogP contribution in [0.2, 0.25) is 0 Å². The van der Waals surface area contributed by atoms with Gasteiger partial charge in [0, 0.05) is 14.1 Å². The van der Waals surface area contributed by atoms with Gasteiger partial charge in [-0.25, -0.2) is 12.7 Å². The van der Waals surface area contributed by atoms with Crippen molar-refractivity contribution in [2.75, 3.05) is 19.8 Å². The molecular weight excluding hydrogens is 288 g/mol. The predicted octanol–water partition coefficient (Wildman–Crippen LogP) is 2.10. The number of rotatable bonds is 5. The molecule has 0 aliphatic carbocycles. The molecule has 0 heterocycles. The van der Waals surface area contributed by atoms with Crippen molar-refractivity contribution in [2.24, 2.45) is 0 Å². The summed E-state index contributed by atoms with van der Waals surface area (Å²) in [6, 6.07) is 14.3. The number of nitrogens with zero attached hydrogens (tertiary/aromatic N) is 1. The molecule has 2 rings (SSSR count). The number of ether oxygens (including phenoxy) is 1. The SMILES string of the molecule is CN(C)S(=O)(=O)c1cccc(OCc2ccccc2)c1N.